The number of carbonyl (C=O) groups is 2. The molecule has 4 nitrogen and oxygen atoms in total. The Hall–Kier alpha value is -0.710. The molecule has 0 aromatic rings. The molecule has 2 N–H and O–H groups in total. The first-order chi connectivity index (χ1) is 8.34. The molecular formula is C13H24O4S. The van der Waals surface area contributed by atoms with Crippen LogP contribution in [-0.4, -0.2) is 33.2 Å². The maximum Gasteiger partial charge on any atom is 0.317 e. The van der Waals surface area contributed by atoms with Gasteiger partial charge in [-0.1, -0.05) is 33.6 Å². The zero-order valence-corrected chi connectivity index (χ0v) is 12.3. The van der Waals surface area contributed by atoms with Crippen molar-refractivity contribution < 1.29 is 19.8 Å². The second-order valence-electron chi connectivity index (χ2n) is 4.92. The molecule has 1 unspecified atom stereocenters. The normalized spacial score (nSPS) is 13.3. The Kier molecular flexibility index (Phi) is 8.07. The predicted molar refractivity (Wildman–Crippen MR) is 74.1 cm³/mol. The fraction of sp³-hybridized carbons (Fsp3) is 0.846. The van der Waals surface area contributed by atoms with Crippen LogP contribution in [0.1, 0.15) is 52.9 Å². The third kappa shape index (κ3) is 6.89. The minimum Gasteiger partial charge on any atom is -0.481 e. The molecule has 0 radical (unpaired) electrons. The van der Waals surface area contributed by atoms with Crippen LogP contribution in [0.3, 0.4) is 0 Å². The van der Waals surface area contributed by atoms with E-state index >= 15 is 0 Å². The summed E-state index contributed by atoms with van der Waals surface area (Å²) in [6.07, 6.45) is 3.93. The Morgan fingerprint density at radius 3 is 2.17 bits per heavy atom. The third-order valence-electron chi connectivity index (χ3n) is 3.59. The Labute approximate surface area is 113 Å². The van der Waals surface area contributed by atoms with Gasteiger partial charge in [-0.05, 0) is 24.0 Å². The lowest BCUT2D eigenvalue weighted by Gasteiger charge is -2.26. The molecule has 0 aromatic heterocycles. The van der Waals surface area contributed by atoms with Gasteiger partial charge in [-0.15, -0.1) is 11.8 Å². The van der Waals surface area contributed by atoms with Crippen LogP contribution in [0.25, 0.3) is 0 Å². The van der Waals surface area contributed by atoms with Crippen LogP contribution < -0.4 is 0 Å². The van der Waals surface area contributed by atoms with Gasteiger partial charge in [0.1, 0.15) is 5.25 Å². The molecule has 0 spiro atoms. The van der Waals surface area contributed by atoms with E-state index in [0.717, 1.165) is 25.7 Å². The summed E-state index contributed by atoms with van der Waals surface area (Å²) >= 11 is 1.24. The van der Waals surface area contributed by atoms with Gasteiger partial charge in [0.05, 0.1) is 6.42 Å². The van der Waals surface area contributed by atoms with Gasteiger partial charge < -0.3 is 10.2 Å². The molecule has 0 fully saturated rings. The number of rotatable bonds is 10. The van der Waals surface area contributed by atoms with Crippen LogP contribution in [0, 0.1) is 5.41 Å². The third-order valence-corrected chi connectivity index (χ3v) is 4.88. The SMILES string of the molecule is CCC(C)(CC)CCCSC(CC(=O)O)C(=O)O. The summed E-state index contributed by atoms with van der Waals surface area (Å²) in [5.74, 6) is -1.38. The van der Waals surface area contributed by atoms with E-state index in [4.69, 9.17) is 10.2 Å². The van der Waals surface area contributed by atoms with Crippen molar-refractivity contribution >= 4 is 23.7 Å². The highest BCUT2D eigenvalue weighted by atomic mass is 32.2. The molecule has 18 heavy (non-hydrogen) atoms. The van der Waals surface area contributed by atoms with Crippen LogP contribution in [0.15, 0.2) is 0 Å². The Balaban J connectivity index is 4.00. The summed E-state index contributed by atoms with van der Waals surface area (Å²) in [5.41, 5.74) is 0.325. The molecule has 0 aromatic carbocycles. The molecule has 1 atom stereocenters. The van der Waals surface area contributed by atoms with Crippen molar-refractivity contribution in [2.45, 2.75) is 58.1 Å². The lowest BCUT2D eigenvalue weighted by molar-refractivity contribution is -0.142. The second-order valence-corrected chi connectivity index (χ2v) is 6.23. The number of aliphatic carboxylic acids is 2. The van der Waals surface area contributed by atoms with E-state index in [1.165, 1.54) is 11.8 Å². The number of thioether (sulfide) groups is 1. The van der Waals surface area contributed by atoms with E-state index in [-0.39, 0.29) is 6.42 Å². The van der Waals surface area contributed by atoms with Crippen LogP contribution >= 0.6 is 11.8 Å². The zero-order chi connectivity index (χ0) is 14.2. The summed E-state index contributed by atoms with van der Waals surface area (Å²) in [6.45, 7) is 6.58. The van der Waals surface area contributed by atoms with Gasteiger partial charge in [0.25, 0.3) is 0 Å². The lowest BCUT2D eigenvalue weighted by atomic mass is 9.81. The van der Waals surface area contributed by atoms with Crippen LogP contribution in [-0.2, 0) is 9.59 Å². The Morgan fingerprint density at radius 2 is 1.78 bits per heavy atom. The number of carboxylic acids is 2. The van der Waals surface area contributed by atoms with Gasteiger partial charge in [0.15, 0.2) is 0 Å². The topological polar surface area (TPSA) is 74.6 Å². The van der Waals surface area contributed by atoms with Crippen molar-refractivity contribution in [3.63, 3.8) is 0 Å². The summed E-state index contributed by atoms with van der Waals surface area (Å²) < 4.78 is 0. The van der Waals surface area contributed by atoms with Gasteiger partial charge in [0.2, 0.25) is 0 Å². The van der Waals surface area contributed by atoms with Gasteiger partial charge in [0, 0.05) is 0 Å². The highest BCUT2D eigenvalue weighted by Crippen LogP contribution is 2.32. The smallest absolute Gasteiger partial charge is 0.317 e. The molecule has 0 bridgehead atoms. The number of hydrogen-bond donors (Lipinski definition) is 2. The molecular weight excluding hydrogens is 252 g/mol. The Morgan fingerprint density at radius 1 is 1.22 bits per heavy atom. The first-order valence-electron chi connectivity index (χ1n) is 6.41. The summed E-state index contributed by atoms with van der Waals surface area (Å²) in [5, 5.41) is 16.7. The highest BCUT2D eigenvalue weighted by molar-refractivity contribution is 8.00. The van der Waals surface area contributed by atoms with Crippen molar-refractivity contribution in [3.8, 4) is 0 Å². The van der Waals surface area contributed by atoms with E-state index in [0.29, 0.717) is 11.2 Å². The molecule has 106 valence electrons. The average molecular weight is 276 g/mol. The quantitative estimate of drug-likeness (QED) is 0.599. The second kappa shape index (κ2) is 8.40. The Bertz CT molecular complexity index is 274. The van der Waals surface area contributed by atoms with Gasteiger partial charge >= 0.3 is 11.9 Å². The first-order valence-corrected chi connectivity index (χ1v) is 7.45. The van der Waals surface area contributed by atoms with Crippen molar-refractivity contribution in [1.82, 2.24) is 0 Å². The standard InChI is InChI=1S/C13H24O4S/c1-4-13(3,5-2)7-6-8-18-10(12(16)17)9-11(14)15/h10H,4-9H2,1-3H3,(H,14,15)(H,16,17). The molecule has 5 heteroatoms. The predicted octanol–water partition coefficient (Wildman–Crippen LogP) is 3.25. The highest BCUT2D eigenvalue weighted by Gasteiger charge is 2.22. The summed E-state index contributed by atoms with van der Waals surface area (Å²) in [4.78, 5) is 21.4. The molecule has 0 aliphatic carbocycles. The van der Waals surface area contributed by atoms with Gasteiger partial charge in [-0.25, -0.2) is 0 Å². The van der Waals surface area contributed by atoms with Gasteiger partial charge in [-0.3, -0.25) is 9.59 Å². The summed E-state index contributed by atoms with van der Waals surface area (Å²) in [6, 6.07) is 0. The van der Waals surface area contributed by atoms with Crippen molar-refractivity contribution in [3.05, 3.63) is 0 Å². The molecule has 0 aliphatic heterocycles. The molecule has 0 aliphatic rings. The molecule has 0 heterocycles. The van der Waals surface area contributed by atoms with Crippen molar-refractivity contribution in [2.24, 2.45) is 5.41 Å². The lowest BCUT2D eigenvalue weighted by Crippen LogP contribution is -2.21. The van der Waals surface area contributed by atoms with E-state index in [1.54, 1.807) is 0 Å². The van der Waals surface area contributed by atoms with E-state index in [9.17, 15) is 9.59 Å². The fourth-order valence-electron chi connectivity index (χ4n) is 1.70. The number of hydrogen-bond acceptors (Lipinski definition) is 3. The maximum absolute atomic E-state index is 10.9. The van der Waals surface area contributed by atoms with Crippen LogP contribution in [0.4, 0.5) is 0 Å². The monoisotopic (exact) mass is 276 g/mol. The van der Waals surface area contributed by atoms with Gasteiger partial charge in [-0.2, -0.15) is 0 Å². The fourth-order valence-corrected chi connectivity index (χ4v) is 2.70. The van der Waals surface area contributed by atoms with Crippen LogP contribution in [0.2, 0.25) is 0 Å². The number of carboxylic acid groups (broad SMARTS) is 2. The molecule has 0 saturated heterocycles. The molecule has 0 saturated carbocycles. The van der Waals surface area contributed by atoms with Crippen LogP contribution in [0.5, 0.6) is 0 Å². The van der Waals surface area contributed by atoms with E-state index < -0.39 is 17.2 Å². The zero-order valence-electron chi connectivity index (χ0n) is 11.4. The largest absolute Gasteiger partial charge is 0.481 e. The maximum atomic E-state index is 10.9. The molecule has 0 rings (SSSR count). The van der Waals surface area contributed by atoms with Crippen molar-refractivity contribution in [2.75, 3.05) is 5.75 Å². The minimum absolute atomic E-state index is 0.307. The van der Waals surface area contributed by atoms with E-state index in [1.807, 2.05) is 0 Å². The first kappa shape index (κ1) is 17.3. The summed E-state index contributed by atoms with van der Waals surface area (Å²) in [7, 11) is 0. The van der Waals surface area contributed by atoms with Crippen molar-refractivity contribution in [1.29, 1.82) is 0 Å². The van der Waals surface area contributed by atoms with E-state index in [2.05, 4.69) is 20.8 Å². The average Bonchev–Trinajstić information content (AvgIpc) is 2.32. The molecule has 0 amide bonds. The minimum atomic E-state index is -1.05.